The van der Waals surface area contributed by atoms with Gasteiger partial charge in [-0.3, -0.25) is 4.79 Å². The van der Waals surface area contributed by atoms with Crippen molar-refractivity contribution in [3.63, 3.8) is 0 Å². The molecule has 0 radical (unpaired) electrons. The van der Waals surface area contributed by atoms with Crippen molar-refractivity contribution >= 4 is 21.9 Å². The number of alkyl halides is 1. The topological polar surface area (TPSA) is 26.3 Å². The summed E-state index contributed by atoms with van der Waals surface area (Å²) < 4.78 is 5.01. The fourth-order valence-corrected chi connectivity index (χ4v) is 1.23. The molecule has 2 nitrogen and oxygen atoms in total. The Kier molecular flexibility index (Phi) is 1.80. The van der Waals surface area contributed by atoms with Gasteiger partial charge in [0.15, 0.2) is 0 Å². The molecule has 0 aromatic rings. The Morgan fingerprint density at radius 3 is 2.78 bits per heavy atom. The van der Waals surface area contributed by atoms with Crippen molar-refractivity contribution in [2.45, 2.75) is 25.4 Å². The zero-order valence-electron chi connectivity index (χ0n) is 5.32. The molecule has 0 bridgehead atoms. The number of ether oxygens (including phenoxy) is 1. The minimum absolute atomic E-state index is 0.0723. The zero-order chi connectivity index (χ0) is 6.91. The van der Waals surface area contributed by atoms with Gasteiger partial charge in [0.05, 0.1) is 0 Å². The Bertz CT molecular complexity index is 135. The van der Waals surface area contributed by atoms with E-state index in [1.807, 2.05) is 6.92 Å². The SMILES string of the molecule is CC1(CBr)CCC(=O)O1. The minimum atomic E-state index is -0.225. The highest BCUT2D eigenvalue weighted by Gasteiger charge is 2.34. The van der Waals surface area contributed by atoms with Gasteiger partial charge in [0.2, 0.25) is 0 Å². The Morgan fingerprint density at radius 2 is 2.56 bits per heavy atom. The van der Waals surface area contributed by atoms with Gasteiger partial charge in [0.25, 0.3) is 0 Å². The van der Waals surface area contributed by atoms with Crippen LogP contribution in [0.2, 0.25) is 0 Å². The molecule has 1 atom stereocenters. The molecule has 1 aliphatic heterocycles. The van der Waals surface area contributed by atoms with E-state index < -0.39 is 0 Å². The first-order valence-electron chi connectivity index (χ1n) is 2.94. The molecule has 1 heterocycles. The molecule has 0 spiro atoms. The van der Waals surface area contributed by atoms with Crippen LogP contribution in [0.3, 0.4) is 0 Å². The Hall–Kier alpha value is -0.0500. The van der Waals surface area contributed by atoms with Gasteiger partial charge in [-0.05, 0) is 13.3 Å². The monoisotopic (exact) mass is 192 g/mol. The number of carbonyl (C=O) groups excluding carboxylic acids is 1. The highest BCUT2D eigenvalue weighted by atomic mass is 79.9. The molecule has 9 heavy (non-hydrogen) atoms. The number of hydrogen-bond donors (Lipinski definition) is 0. The van der Waals surface area contributed by atoms with Crippen LogP contribution in [-0.2, 0) is 9.53 Å². The van der Waals surface area contributed by atoms with Crippen molar-refractivity contribution in [2.75, 3.05) is 5.33 Å². The van der Waals surface area contributed by atoms with Gasteiger partial charge in [-0.1, -0.05) is 15.9 Å². The van der Waals surface area contributed by atoms with E-state index in [2.05, 4.69) is 15.9 Å². The summed E-state index contributed by atoms with van der Waals surface area (Å²) in [5.41, 5.74) is -0.225. The summed E-state index contributed by atoms with van der Waals surface area (Å²) in [5.74, 6) is -0.0723. The number of esters is 1. The maximum absolute atomic E-state index is 10.6. The number of cyclic esters (lactones) is 1. The van der Waals surface area contributed by atoms with Gasteiger partial charge in [-0.2, -0.15) is 0 Å². The molecule has 1 saturated heterocycles. The Morgan fingerprint density at radius 1 is 1.89 bits per heavy atom. The number of rotatable bonds is 1. The summed E-state index contributed by atoms with van der Waals surface area (Å²) in [5, 5.41) is 0.742. The molecule has 3 heteroatoms. The van der Waals surface area contributed by atoms with Gasteiger partial charge in [0, 0.05) is 11.8 Å². The second-order valence-electron chi connectivity index (χ2n) is 2.56. The summed E-state index contributed by atoms with van der Waals surface area (Å²) in [6.45, 7) is 1.94. The molecule has 1 aliphatic rings. The van der Waals surface area contributed by atoms with Crippen molar-refractivity contribution in [1.82, 2.24) is 0 Å². The summed E-state index contributed by atoms with van der Waals surface area (Å²) in [4.78, 5) is 10.6. The Balaban J connectivity index is 2.54. The first-order valence-corrected chi connectivity index (χ1v) is 4.06. The quantitative estimate of drug-likeness (QED) is 0.465. The maximum atomic E-state index is 10.6. The third-order valence-corrected chi connectivity index (χ3v) is 2.69. The van der Waals surface area contributed by atoms with Crippen LogP contribution in [0.15, 0.2) is 0 Å². The fourth-order valence-electron chi connectivity index (χ4n) is 0.837. The van der Waals surface area contributed by atoms with Crippen molar-refractivity contribution < 1.29 is 9.53 Å². The van der Waals surface area contributed by atoms with E-state index in [4.69, 9.17) is 4.74 Å². The van der Waals surface area contributed by atoms with Crippen molar-refractivity contribution in [3.05, 3.63) is 0 Å². The van der Waals surface area contributed by atoms with Crippen LogP contribution >= 0.6 is 15.9 Å². The molecule has 0 aliphatic carbocycles. The van der Waals surface area contributed by atoms with Crippen LogP contribution in [0.4, 0.5) is 0 Å². The van der Waals surface area contributed by atoms with Gasteiger partial charge < -0.3 is 4.74 Å². The van der Waals surface area contributed by atoms with Crippen LogP contribution in [0.25, 0.3) is 0 Å². The maximum Gasteiger partial charge on any atom is 0.306 e. The molecule has 1 fully saturated rings. The Labute approximate surface area is 62.7 Å². The molecule has 0 amide bonds. The zero-order valence-corrected chi connectivity index (χ0v) is 6.90. The van der Waals surface area contributed by atoms with Gasteiger partial charge in [0.1, 0.15) is 5.60 Å². The first-order chi connectivity index (χ1) is 4.16. The van der Waals surface area contributed by atoms with E-state index in [-0.39, 0.29) is 11.6 Å². The van der Waals surface area contributed by atoms with Gasteiger partial charge >= 0.3 is 5.97 Å². The summed E-state index contributed by atoms with van der Waals surface area (Å²) in [7, 11) is 0. The van der Waals surface area contributed by atoms with E-state index >= 15 is 0 Å². The lowest BCUT2D eigenvalue weighted by Crippen LogP contribution is -2.25. The molecule has 0 saturated carbocycles. The molecule has 52 valence electrons. The largest absolute Gasteiger partial charge is 0.458 e. The third-order valence-electron chi connectivity index (χ3n) is 1.50. The van der Waals surface area contributed by atoms with E-state index in [0.717, 1.165) is 11.8 Å². The summed E-state index contributed by atoms with van der Waals surface area (Å²) in [6.07, 6.45) is 1.42. The van der Waals surface area contributed by atoms with E-state index in [1.165, 1.54) is 0 Å². The van der Waals surface area contributed by atoms with Crippen LogP contribution in [0.1, 0.15) is 19.8 Å². The van der Waals surface area contributed by atoms with Crippen LogP contribution in [0, 0.1) is 0 Å². The van der Waals surface area contributed by atoms with E-state index in [0.29, 0.717) is 6.42 Å². The highest BCUT2D eigenvalue weighted by Crippen LogP contribution is 2.27. The summed E-state index contributed by atoms with van der Waals surface area (Å²) in [6, 6.07) is 0. The fraction of sp³-hybridized carbons (Fsp3) is 0.833. The van der Waals surface area contributed by atoms with E-state index in [9.17, 15) is 4.79 Å². The molecule has 1 rings (SSSR count). The van der Waals surface area contributed by atoms with Crippen LogP contribution in [-0.4, -0.2) is 16.9 Å². The number of carbonyl (C=O) groups is 1. The van der Waals surface area contributed by atoms with Crippen molar-refractivity contribution in [2.24, 2.45) is 0 Å². The lowest BCUT2D eigenvalue weighted by molar-refractivity contribution is -0.145. The van der Waals surface area contributed by atoms with E-state index in [1.54, 1.807) is 0 Å². The molecule has 1 unspecified atom stereocenters. The normalized spacial score (nSPS) is 34.7. The average Bonchev–Trinajstić information content (AvgIpc) is 2.13. The lowest BCUT2D eigenvalue weighted by Gasteiger charge is -2.18. The standard InChI is InChI=1S/C6H9BrO2/c1-6(4-7)3-2-5(8)9-6/h2-4H2,1H3. The second-order valence-corrected chi connectivity index (χ2v) is 3.12. The number of halogens is 1. The first kappa shape index (κ1) is 7.06. The van der Waals surface area contributed by atoms with Gasteiger partial charge in [-0.15, -0.1) is 0 Å². The minimum Gasteiger partial charge on any atom is -0.458 e. The molecule has 0 aromatic heterocycles. The number of hydrogen-bond acceptors (Lipinski definition) is 2. The lowest BCUT2D eigenvalue weighted by atomic mass is 10.1. The summed E-state index contributed by atoms with van der Waals surface area (Å²) >= 11 is 3.28. The third kappa shape index (κ3) is 1.45. The average molecular weight is 193 g/mol. The van der Waals surface area contributed by atoms with Crippen LogP contribution in [0.5, 0.6) is 0 Å². The predicted octanol–water partition coefficient (Wildman–Crippen LogP) is 1.48. The van der Waals surface area contributed by atoms with Crippen molar-refractivity contribution in [1.29, 1.82) is 0 Å². The van der Waals surface area contributed by atoms with Gasteiger partial charge in [-0.25, -0.2) is 0 Å². The molecular formula is C6H9BrO2. The van der Waals surface area contributed by atoms with Crippen LogP contribution < -0.4 is 0 Å². The second kappa shape index (κ2) is 2.29. The molecule has 0 aromatic carbocycles. The highest BCUT2D eigenvalue weighted by molar-refractivity contribution is 9.09. The van der Waals surface area contributed by atoms with Crippen molar-refractivity contribution in [3.8, 4) is 0 Å². The smallest absolute Gasteiger partial charge is 0.306 e. The predicted molar refractivity (Wildman–Crippen MR) is 37.5 cm³/mol. The molecular weight excluding hydrogens is 184 g/mol. The molecule has 0 N–H and O–H groups in total.